The van der Waals surface area contributed by atoms with Gasteiger partial charge in [-0.25, -0.2) is 0 Å². The summed E-state index contributed by atoms with van der Waals surface area (Å²) in [4.78, 5) is 13.3. The second-order valence-electron chi connectivity index (χ2n) is 8.13. The van der Waals surface area contributed by atoms with Gasteiger partial charge >= 0.3 is 0 Å². The highest BCUT2D eigenvalue weighted by Gasteiger charge is 2.45. The van der Waals surface area contributed by atoms with Crippen molar-refractivity contribution in [2.45, 2.75) is 30.7 Å². The molecule has 200 valence electrons. The van der Waals surface area contributed by atoms with E-state index in [0.717, 1.165) is 0 Å². The number of hydrogen-bond donors (Lipinski definition) is 6. The van der Waals surface area contributed by atoms with E-state index >= 15 is 0 Å². The summed E-state index contributed by atoms with van der Waals surface area (Å²) in [5.74, 6) is -1.59. The van der Waals surface area contributed by atoms with Crippen LogP contribution in [0.25, 0.3) is 22.3 Å². The summed E-state index contributed by atoms with van der Waals surface area (Å²) in [5, 5.41) is 60.3. The molecular formula is C24H26O13. The highest BCUT2D eigenvalue weighted by atomic mass is 16.7. The lowest BCUT2D eigenvalue weighted by molar-refractivity contribution is -0.277. The largest absolute Gasteiger partial charge is 0.504 e. The van der Waals surface area contributed by atoms with Gasteiger partial charge in [-0.15, -0.1) is 0 Å². The van der Waals surface area contributed by atoms with Crippen LogP contribution in [0, 0.1) is 0 Å². The third kappa shape index (κ3) is 4.47. The Labute approximate surface area is 209 Å². The lowest BCUT2D eigenvalue weighted by atomic mass is 9.99. The van der Waals surface area contributed by atoms with Gasteiger partial charge in [-0.05, 0) is 18.2 Å². The van der Waals surface area contributed by atoms with Crippen molar-refractivity contribution >= 4 is 11.0 Å². The van der Waals surface area contributed by atoms with Crippen molar-refractivity contribution in [2.75, 3.05) is 27.9 Å². The van der Waals surface area contributed by atoms with Crippen molar-refractivity contribution in [1.82, 2.24) is 0 Å². The van der Waals surface area contributed by atoms with Gasteiger partial charge in [0.05, 0.1) is 27.9 Å². The predicted molar refractivity (Wildman–Crippen MR) is 125 cm³/mol. The van der Waals surface area contributed by atoms with Crippen LogP contribution in [-0.2, 0) is 4.74 Å². The molecule has 13 heteroatoms. The number of phenols is 2. The summed E-state index contributed by atoms with van der Waals surface area (Å²) in [6.45, 7) is -0.682. The SMILES string of the molecule is COc1cc(-c2oc3cc(O[C@H]4O[C@@H](CO)[C@H](O)[C@@H](O)[C@@H]4O)c(OC)c(O)c3c(=O)c2OC)ccc1O. The third-order valence-corrected chi connectivity index (χ3v) is 5.98. The van der Waals surface area contributed by atoms with Crippen LogP contribution in [0.4, 0.5) is 0 Å². The number of phenolic OH excluding ortho intramolecular Hbond substituents is 2. The van der Waals surface area contributed by atoms with Gasteiger partial charge in [-0.2, -0.15) is 0 Å². The van der Waals surface area contributed by atoms with Crippen molar-refractivity contribution in [3.8, 4) is 45.8 Å². The van der Waals surface area contributed by atoms with Gasteiger partial charge in [-0.3, -0.25) is 4.79 Å². The molecule has 1 fully saturated rings. The number of benzene rings is 2. The molecule has 1 aliphatic rings. The van der Waals surface area contributed by atoms with Gasteiger partial charge < -0.3 is 58.7 Å². The minimum Gasteiger partial charge on any atom is -0.504 e. The maximum Gasteiger partial charge on any atom is 0.239 e. The predicted octanol–water partition coefficient (Wildman–Crippen LogP) is 0.0757. The van der Waals surface area contributed by atoms with Crippen molar-refractivity contribution < 1.29 is 58.7 Å². The van der Waals surface area contributed by atoms with Crippen LogP contribution in [-0.4, -0.2) is 89.3 Å². The monoisotopic (exact) mass is 522 g/mol. The van der Waals surface area contributed by atoms with E-state index in [1.165, 1.54) is 45.6 Å². The number of aliphatic hydroxyl groups excluding tert-OH is 4. The Morgan fingerprint density at radius 3 is 2.22 bits per heavy atom. The molecule has 0 spiro atoms. The first-order valence-electron chi connectivity index (χ1n) is 11.0. The van der Waals surface area contributed by atoms with Gasteiger partial charge in [0.25, 0.3) is 0 Å². The molecule has 0 unspecified atom stereocenters. The van der Waals surface area contributed by atoms with E-state index in [2.05, 4.69) is 0 Å². The number of aromatic hydroxyl groups is 2. The molecule has 37 heavy (non-hydrogen) atoms. The lowest BCUT2D eigenvalue weighted by Gasteiger charge is -2.39. The summed E-state index contributed by atoms with van der Waals surface area (Å²) in [6, 6.07) is 5.39. The second kappa shape index (κ2) is 10.3. The van der Waals surface area contributed by atoms with Crippen molar-refractivity contribution in [3.05, 3.63) is 34.5 Å². The fourth-order valence-electron chi connectivity index (χ4n) is 4.05. The van der Waals surface area contributed by atoms with E-state index in [1.54, 1.807) is 0 Å². The zero-order valence-corrected chi connectivity index (χ0v) is 19.9. The average Bonchev–Trinajstić information content (AvgIpc) is 2.89. The van der Waals surface area contributed by atoms with E-state index in [1.807, 2.05) is 0 Å². The lowest BCUT2D eigenvalue weighted by Crippen LogP contribution is -2.60. The highest BCUT2D eigenvalue weighted by Crippen LogP contribution is 2.45. The van der Waals surface area contributed by atoms with Crippen molar-refractivity contribution in [2.24, 2.45) is 0 Å². The average molecular weight is 522 g/mol. The molecule has 6 N–H and O–H groups in total. The van der Waals surface area contributed by atoms with Crippen LogP contribution in [0.3, 0.4) is 0 Å². The maximum absolute atomic E-state index is 13.3. The Kier molecular flexibility index (Phi) is 7.34. The number of methoxy groups -OCH3 is 3. The molecule has 5 atom stereocenters. The second-order valence-corrected chi connectivity index (χ2v) is 8.13. The minimum absolute atomic E-state index is 0.0540. The normalized spacial score (nSPS) is 23.6. The Morgan fingerprint density at radius 2 is 1.59 bits per heavy atom. The Balaban J connectivity index is 1.88. The summed E-state index contributed by atoms with van der Waals surface area (Å²) in [6.07, 6.45) is -7.92. The molecule has 0 saturated carbocycles. The molecule has 0 radical (unpaired) electrons. The summed E-state index contributed by atoms with van der Waals surface area (Å²) in [7, 11) is 3.78. The van der Waals surface area contributed by atoms with Crippen LogP contribution in [0.2, 0.25) is 0 Å². The molecule has 3 aromatic rings. The summed E-state index contributed by atoms with van der Waals surface area (Å²) < 4.78 is 32.5. The molecule has 2 aromatic carbocycles. The molecular weight excluding hydrogens is 496 g/mol. The van der Waals surface area contributed by atoms with Crippen molar-refractivity contribution in [1.29, 1.82) is 0 Å². The number of hydrogen-bond acceptors (Lipinski definition) is 13. The summed E-state index contributed by atoms with van der Waals surface area (Å²) >= 11 is 0. The van der Waals surface area contributed by atoms with Gasteiger partial charge in [0, 0.05) is 11.6 Å². The first-order chi connectivity index (χ1) is 17.7. The molecule has 0 bridgehead atoms. The molecule has 1 saturated heterocycles. The van der Waals surface area contributed by atoms with Crippen LogP contribution in [0.1, 0.15) is 0 Å². The standard InChI is InChI=1S/C24H26O13/c1-32-11-6-9(4-5-10(11)26)21-23(34-3)18(29)15-12(35-21)7-13(22(33-2)17(15)28)36-24-20(31)19(30)16(27)14(8-25)37-24/h4-7,14,16,19-20,24-28,30-31H,8H2,1-3H3/t14-,16-,19+,20-,24-/m0/s1. The minimum atomic E-state index is -1.75. The number of fused-ring (bicyclic) bond motifs is 1. The smallest absolute Gasteiger partial charge is 0.239 e. The van der Waals surface area contributed by atoms with E-state index in [0.29, 0.717) is 5.56 Å². The number of rotatable bonds is 7. The van der Waals surface area contributed by atoms with E-state index < -0.39 is 48.5 Å². The fraction of sp³-hybridized carbons (Fsp3) is 0.375. The van der Waals surface area contributed by atoms with Crippen LogP contribution in [0.5, 0.6) is 34.5 Å². The van der Waals surface area contributed by atoms with Gasteiger partial charge in [0.2, 0.25) is 23.2 Å². The quantitative estimate of drug-likeness (QED) is 0.244. The molecule has 13 nitrogen and oxygen atoms in total. The molecule has 4 rings (SSSR count). The fourth-order valence-corrected chi connectivity index (χ4v) is 4.05. The molecule has 0 amide bonds. The van der Waals surface area contributed by atoms with Crippen LogP contribution >= 0.6 is 0 Å². The van der Waals surface area contributed by atoms with Crippen LogP contribution < -0.4 is 24.4 Å². The van der Waals surface area contributed by atoms with Crippen molar-refractivity contribution in [3.63, 3.8) is 0 Å². The van der Waals surface area contributed by atoms with Crippen LogP contribution in [0.15, 0.2) is 33.5 Å². The molecule has 1 aromatic heterocycles. The molecule has 2 heterocycles. The zero-order chi connectivity index (χ0) is 27.0. The molecule has 0 aliphatic carbocycles. The van der Waals surface area contributed by atoms with Gasteiger partial charge in [-0.1, -0.05) is 0 Å². The maximum atomic E-state index is 13.3. The topological polar surface area (TPSA) is 198 Å². The zero-order valence-electron chi connectivity index (χ0n) is 19.9. The summed E-state index contributed by atoms with van der Waals surface area (Å²) in [5.41, 5.74) is -0.621. The highest BCUT2D eigenvalue weighted by molar-refractivity contribution is 5.91. The molecule has 1 aliphatic heterocycles. The number of aliphatic hydroxyl groups is 4. The Bertz CT molecular complexity index is 1350. The Morgan fingerprint density at radius 1 is 0.892 bits per heavy atom. The third-order valence-electron chi connectivity index (χ3n) is 5.98. The van der Waals surface area contributed by atoms with E-state index in [9.17, 15) is 35.4 Å². The van der Waals surface area contributed by atoms with E-state index in [-0.39, 0.29) is 45.5 Å². The number of ether oxygens (including phenoxy) is 5. The Hall–Kier alpha value is -3.75. The van der Waals surface area contributed by atoms with E-state index in [4.69, 9.17) is 28.1 Å². The first-order valence-corrected chi connectivity index (χ1v) is 11.0. The van der Waals surface area contributed by atoms with Gasteiger partial charge in [0.15, 0.2) is 28.8 Å². The van der Waals surface area contributed by atoms with Gasteiger partial charge in [0.1, 0.15) is 35.4 Å². The first kappa shape index (κ1) is 26.3.